The first-order valence-corrected chi connectivity index (χ1v) is 15.6. The molecule has 0 saturated carbocycles. The maximum absolute atomic E-state index is 13.3. The van der Waals surface area contributed by atoms with Crippen molar-refractivity contribution < 1.29 is 52.6 Å². The van der Waals surface area contributed by atoms with Gasteiger partial charge in [-0.25, -0.2) is 14.6 Å². The van der Waals surface area contributed by atoms with Crippen molar-refractivity contribution in [1.29, 1.82) is 0 Å². The summed E-state index contributed by atoms with van der Waals surface area (Å²) in [5.74, 6) is -5.56. The molecule has 2 atom stereocenters. The Bertz CT molecular complexity index is 1940. The van der Waals surface area contributed by atoms with E-state index in [1.807, 2.05) is 42.5 Å². The molecule has 6 N–H and O–H groups in total. The number of halogens is 3. The van der Waals surface area contributed by atoms with Gasteiger partial charge in [0.2, 0.25) is 0 Å². The van der Waals surface area contributed by atoms with E-state index in [9.17, 15) is 42.7 Å². The van der Waals surface area contributed by atoms with Crippen LogP contribution in [0.2, 0.25) is 0 Å². The molecule has 0 unspecified atom stereocenters. The van der Waals surface area contributed by atoms with Crippen molar-refractivity contribution in [3.05, 3.63) is 76.5 Å². The Kier molecular flexibility index (Phi) is 9.44. The maximum atomic E-state index is 13.3. The molecule has 3 aromatic rings. The summed E-state index contributed by atoms with van der Waals surface area (Å²) in [6.07, 6.45) is -3.09. The van der Waals surface area contributed by atoms with Gasteiger partial charge >= 0.3 is 18.1 Å². The highest BCUT2D eigenvalue weighted by Crippen LogP contribution is 2.41. The lowest BCUT2D eigenvalue weighted by Gasteiger charge is -2.49. The van der Waals surface area contributed by atoms with Crippen LogP contribution >= 0.6 is 23.1 Å². The molecule has 2 aromatic carbocycles. The van der Waals surface area contributed by atoms with Crippen LogP contribution in [-0.4, -0.2) is 90.6 Å². The van der Waals surface area contributed by atoms with Crippen LogP contribution in [0.3, 0.4) is 0 Å². The number of allylic oxidation sites excluding steroid dienone is 1. The quantitative estimate of drug-likeness (QED) is 0.0827. The van der Waals surface area contributed by atoms with Crippen LogP contribution in [-0.2, 0) is 24.0 Å². The summed E-state index contributed by atoms with van der Waals surface area (Å²) in [7, 11) is 0. The second-order valence-corrected chi connectivity index (χ2v) is 12.3. The molecule has 2 fully saturated rings. The molecule has 3 aliphatic heterocycles. The monoisotopic (exact) mass is 704 g/mol. The van der Waals surface area contributed by atoms with E-state index in [1.165, 1.54) is 17.1 Å². The number of rotatable bonds is 6. The number of fused-ring (bicyclic) bond motifs is 2. The van der Waals surface area contributed by atoms with Crippen molar-refractivity contribution in [2.24, 2.45) is 5.16 Å². The van der Waals surface area contributed by atoms with Gasteiger partial charge in [0.05, 0.1) is 0 Å². The van der Waals surface area contributed by atoms with Crippen LogP contribution in [0.1, 0.15) is 12.1 Å². The lowest BCUT2D eigenvalue weighted by atomic mass is 10.0. The number of nitrogens with one attached hydrogen (secondary N) is 1. The minimum Gasteiger partial charge on any atom is -0.477 e. The highest BCUT2D eigenvalue weighted by molar-refractivity contribution is 8.00. The van der Waals surface area contributed by atoms with Crippen molar-refractivity contribution >= 4 is 80.1 Å². The lowest BCUT2D eigenvalue weighted by molar-refractivity contribution is -0.192. The molecular formula is C29H23F3N6O8S2. The number of alkyl halides is 3. The number of nitrogens with zero attached hydrogens (tertiary/aromatic N) is 4. The second-order valence-electron chi connectivity index (χ2n) is 10.3. The average Bonchev–Trinajstić information content (AvgIpc) is 3.64. The number of β-lactam (4-membered cyclic amide) rings is 1. The average molecular weight is 705 g/mol. The molecule has 3 aliphatic rings. The van der Waals surface area contributed by atoms with Crippen molar-refractivity contribution in [2.45, 2.75) is 24.0 Å². The summed E-state index contributed by atoms with van der Waals surface area (Å²) in [6.45, 7) is 0.449. The standard InChI is InChI=1S/C27H22N6O6S2.C2HF3O2/c28-27-29-18(12-41-27)19(31-39)22(34)30-20-24(36)33-21(26(37)38)16(11-40-25(20)33)9-15-7-8-32(23(15)35)17-6-5-13-3-1-2-4-14(13)10-17;3-2(4,5)1(6)7/h1-6,9-10,12,20,25,39H,7-8,11H2,(H2,28,29)(H,30,34)(H,37,38);(H,6,7)/t20-,25-;/m1./s1. The first kappa shape index (κ1) is 33.9. The summed E-state index contributed by atoms with van der Waals surface area (Å²) < 4.78 is 31.7. The summed E-state index contributed by atoms with van der Waals surface area (Å²) in [5, 5.41) is 35.0. The number of hydrogen-bond donors (Lipinski definition) is 5. The fourth-order valence-electron chi connectivity index (χ4n) is 5.12. The molecule has 0 bridgehead atoms. The Labute approximate surface area is 276 Å². The molecule has 250 valence electrons. The Hall–Kier alpha value is -5.43. The molecule has 19 heteroatoms. The fourth-order valence-corrected chi connectivity index (χ4v) is 6.98. The molecule has 2 saturated heterocycles. The Morgan fingerprint density at radius 1 is 1.10 bits per heavy atom. The molecule has 0 aliphatic carbocycles. The van der Waals surface area contributed by atoms with Gasteiger partial charge < -0.3 is 31.4 Å². The van der Waals surface area contributed by atoms with Gasteiger partial charge in [0, 0.05) is 28.9 Å². The number of oxime groups is 1. The fraction of sp³-hybridized carbons (Fsp3) is 0.207. The number of aromatic nitrogens is 1. The molecule has 6 rings (SSSR count). The van der Waals surface area contributed by atoms with Crippen LogP contribution in [0.15, 0.2) is 75.9 Å². The van der Waals surface area contributed by atoms with E-state index in [1.54, 1.807) is 11.0 Å². The third-order valence-electron chi connectivity index (χ3n) is 7.33. The van der Waals surface area contributed by atoms with E-state index in [2.05, 4.69) is 15.5 Å². The zero-order valence-corrected chi connectivity index (χ0v) is 25.8. The summed E-state index contributed by atoms with van der Waals surface area (Å²) in [6, 6.07) is 12.6. The van der Waals surface area contributed by atoms with Gasteiger partial charge in [-0.3, -0.25) is 19.3 Å². The number of carboxylic acids is 2. The number of thioether (sulfide) groups is 1. The summed E-state index contributed by atoms with van der Waals surface area (Å²) >= 11 is 2.31. The number of nitrogen functional groups attached to an aromatic ring is 1. The van der Waals surface area contributed by atoms with Crippen LogP contribution in [0, 0.1) is 0 Å². The SMILES string of the molecule is Nc1nc(C(=NO)C(=O)N[C@@H]2C(=O)N3C(C(=O)O)=C(C=C4CCN(c5ccc6ccccc6c5)C4=O)CS[C@H]23)cs1.O=C(O)C(F)(F)F. The van der Waals surface area contributed by atoms with E-state index < -0.39 is 47.1 Å². The highest BCUT2D eigenvalue weighted by Gasteiger charge is 2.54. The van der Waals surface area contributed by atoms with Gasteiger partial charge in [0.25, 0.3) is 17.7 Å². The molecule has 1 aromatic heterocycles. The third kappa shape index (κ3) is 6.67. The Balaban J connectivity index is 0.000000582. The first-order chi connectivity index (χ1) is 22.7. The normalized spacial score (nSPS) is 20.3. The number of carbonyl (C=O) groups is 5. The molecule has 3 amide bonds. The van der Waals surface area contributed by atoms with Gasteiger partial charge in [0.15, 0.2) is 10.8 Å². The first-order valence-electron chi connectivity index (χ1n) is 13.7. The van der Waals surface area contributed by atoms with E-state index >= 15 is 0 Å². The molecule has 0 radical (unpaired) electrons. The number of anilines is 2. The van der Waals surface area contributed by atoms with E-state index in [0.717, 1.165) is 32.7 Å². The summed E-state index contributed by atoms with van der Waals surface area (Å²) in [5.41, 5.74) is 6.54. The number of aliphatic carboxylic acids is 2. The Morgan fingerprint density at radius 2 is 1.79 bits per heavy atom. The second kappa shape index (κ2) is 13.4. The number of benzene rings is 2. The number of hydrogen-bond acceptors (Lipinski definition) is 11. The Morgan fingerprint density at radius 3 is 2.40 bits per heavy atom. The number of carboxylic acid groups (broad SMARTS) is 2. The van der Waals surface area contributed by atoms with Gasteiger partial charge in [-0.1, -0.05) is 35.5 Å². The number of carbonyl (C=O) groups excluding carboxylic acids is 3. The van der Waals surface area contributed by atoms with Crippen LogP contribution in [0.25, 0.3) is 10.8 Å². The van der Waals surface area contributed by atoms with E-state index in [0.29, 0.717) is 24.1 Å². The molecular weight excluding hydrogens is 681 g/mol. The van der Waals surface area contributed by atoms with Crippen molar-refractivity contribution in [1.82, 2.24) is 15.2 Å². The van der Waals surface area contributed by atoms with Crippen molar-refractivity contribution in [2.75, 3.05) is 22.9 Å². The minimum atomic E-state index is -5.08. The smallest absolute Gasteiger partial charge is 0.477 e. The largest absolute Gasteiger partial charge is 0.490 e. The number of amides is 3. The van der Waals surface area contributed by atoms with Gasteiger partial charge in [-0.05, 0) is 41.0 Å². The van der Waals surface area contributed by atoms with Crippen molar-refractivity contribution in [3.8, 4) is 0 Å². The maximum Gasteiger partial charge on any atom is 0.490 e. The molecule has 4 heterocycles. The predicted molar refractivity (Wildman–Crippen MR) is 167 cm³/mol. The van der Waals surface area contributed by atoms with E-state index in [-0.39, 0.29) is 28.2 Å². The zero-order valence-electron chi connectivity index (χ0n) is 24.2. The van der Waals surface area contributed by atoms with Crippen LogP contribution in [0.5, 0.6) is 0 Å². The molecule has 48 heavy (non-hydrogen) atoms. The number of nitrogens with two attached hydrogens (primary N) is 1. The van der Waals surface area contributed by atoms with Crippen LogP contribution in [0.4, 0.5) is 24.0 Å². The zero-order chi connectivity index (χ0) is 34.9. The van der Waals surface area contributed by atoms with Crippen LogP contribution < -0.4 is 16.0 Å². The minimum absolute atomic E-state index is 0.0476. The van der Waals surface area contributed by atoms with Crippen molar-refractivity contribution in [3.63, 3.8) is 0 Å². The summed E-state index contributed by atoms with van der Waals surface area (Å²) in [4.78, 5) is 67.0. The number of thiazole rings is 1. The molecule has 14 nitrogen and oxygen atoms in total. The lowest BCUT2D eigenvalue weighted by Crippen LogP contribution is -2.71. The topological polar surface area (TPSA) is 216 Å². The van der Waals surface area contributed by atoms with Gasteiger partial charge in [-0.2, -0.15) is 13.2 Å². The highest BCUT2D eigenvalue weighted by atomic mass is 32.2. The third-order valence-corrected chi connectivity index (χ3v) is 9.30. The predicted octanol–water partition coefficient (Wildman–Crippen LogP) is 2.79. The van der Waals surface area contributed by atoms with Gasteiger partial charge in [0.1, 0.15) is 22.8 Å². The molecule has 0 spiro atoms. The van der Waals surface area contributed by atoms with Gasteiger partial charge in [-0.15, -0.1) is 23.1 Å². The van der Waals surface area contributed by atoms with E-state index in [4.69, 9.17) is 15.6 Å².